The molecule has 0 heterocycles. The van der Waals surface area contributed by atoms with Crippen molar-refractivity contribution in [2.24, 2.45) is 10.7 Å². The number of aliphatic imine (C=N–C) groups is 1. The van der Waals surface area contributed by atoms with E-state index in [1.54, 1.807) is 0 Å². The van der Waals surface area contributed by atoms with E-state index in [1.165, 1.54) is 0 Å². The summed E-state index contributed by atoms with van der Waals surface area (Å²) in [4.78, 5) is 14.3. The minimum absolute atomic E-state index is 0.286. The molecule has 0 unspecified atom stereocenters. The zero-order valence-electron chi connectivity index (χ0n) is 7.56. The lowest BCUT2D eigenvalue weighted by Crippen LogP contribution is -2.11. The van der Waals surface area contributed by atoms with Gasteiger partial charge < -0.3 is 5.73 Å². The van der Waals surface area contributed by atoms with E-state index in [4.69, 9.17) is 5.73 Å². The highest BCUT2D eigenvalue weighted by molar-refractivity contribution is 7.78. The molecule has 0 saturated carbocycles. The Balaban J connectivity index is 2.63. The quantitative estimate of drug-likeness (QED) is 0.603. The lowest BCUT2D eigenvalue weighted by atomic mass is 10.1. The van der Waals surface area contributed by atoms with Crippen LogP contribution in [0, 0.1) is 0 Å². The van der Waals surface area contributed by atoms with Gasteiger partial charge in [0.15, 0.2) is 0 Å². The molecule has 3 nitrogen and oxygen atoms in total. The molecule has 0 aliphatic heterocycles. The Morgan fingerprint density at radius 1 is 1.43 bits per heavy atom. The third-order valence-electron chi connectivity index (χ3n) is 1.77. The average Bonchev–Trinajstić information content (AvgIpc) is 2.17. The fraction of sp³-hybridized carbons (Fsp3) is 0.200. The van der Waals surface area contributed by atoms with E-state index < -0.39 is 0 Å². The van der Waals surface area contributed by atoms with E-state index in [0.29, 0.717) is 12.8 Å². The number of hydrogen-bond acceptors (Lipinski definition) is 3. The van der Waals surface area contributed by atoms with E-state index in [1.807, 2.05) is 24.3 Å². The summed E-state index contributed by atoms with van der Waals surface area (Å²) in [6, 6.07) is 7.45. The van der Waals surface area contributed by atoms with Gasteiger partial charge in [0.1, 0.15) is 0 Å². The van der Waals surface area contributed by atoms with E-state index in [-0.39, 0.29) is 5.91 Å². The predicted molar refractivity (Wildman–Crippen MR) is 58.6 cm³/mol. The minimum atomic E-state index is -0.286. The van der Waals surface area contributed by atoms with Crippen LogP contribution in [0.15, 0.2) is 29.3 Å². The second-order valence-corrected chi connectivity index (χ2v) is 3.02. The van der Waals surface area contributed by atoms with Gasteiger partial charge in [-0.1, -0.05) is 12.1 Å². The second-order valence-electron chi connectivity index (χ2n) is 2.84. The third kappa shape index (κ3) is 3.47. The number of isothiocyanates is 1. The van der Waals surface area contributed by atoms with Crippen molar-refractivity contribution in [3.63, 3.8) is 0 Å². The number of benzene rings is 1. The van der Waals surface area contributed by atoms with E-state index in [0.717, 1.165) is 11.3 Å². The maximum Gasteiger partial charge on any atom is 0.217 e. The predicted octanol–water partition coefficient (Wildman–Crippen LogP) is 1.84. The summed E-state index contributed by atoms with van der Waals surface area (Å²) < 4.78 is 0. The third-order valence-corrected chi connectivity index (χ3v) is 1.86. The van der Waals surface area contributed by atoms with Crippen molar-refractivity contribution < 1.29 is 4.79 Å². The maximum absolute atomic E-state index is 10.5. The van der Waals surface area contributed by atoms with Gasteiger partial charge in [-0.05, 0) is 36.3 Å². The van der Waals surface area contributed by atoms with Crippen molar-refractivity contribution in [3.05, 3.63) is 29.8 Å². The molecule has 1 aromatic carbocycles. The minimum Gasteiger partial charge on any atom is -0.370 e. The van der Waals surface area contributed by atoms with Crippen molar-refractivity contribution in [2.75, 3.05) is 0 Å². The Kier molecular flexibility index (Phi) is 3.98. The van der Waals surface area contributed by atoms with Crippen molar-refractivity contribution >= 4 is 29.0 Å². The SMILES string of the molecule is NC(=O)CCc1ccc(N=C=S)cc1. The molecule has 0 fully saturated rings. The van der Waals surface area contributed by atoms with Gasteiger partial charge in [-0.2, -0.15) is 4.99 Å². The zero-order valence-corrected chi connectivity index (χ0v) is 8.38. The number of rotatable bonds is 4. The molecule has 0 saturated heterocycles. The van der Waals surface area contributed by atoms with E-state index in [9.17, 15) is 4.79 Å². The average molecular weight is 206 g/mol. The van der Waals surface area contributed by atoms with Crippen molar-refractivity contribution in [3.8, 4) is 0 Å². The van der Waals surface area contributed by atoms with Gasteiger partial charge in [0, 0.05) is 6.42 Å². The summed E-state index contributed by atoms with van der Waals surface area (Å²) in [6.45, 7) is 0. The first-order valence-corrected chi connectivity index (χ1v) is 4.58. The van der Waals surface area contributed by atoms with Gasteiger partial charge >= 0.3 is 0 Å². The Morgan fingerprint density at radius 3 is 2.57 bits per heavy atom. The van der Waals surface area contributed by atoms with Gasteiger partial charge in [0.25, 0.3) is 0 Å². The molecule has 14 heavy (non-hydrogen) atoms. The topological polar surface area (TPSA) is 55.5 Å². The highest BCUT2D eigenvalue weighted by Crippen LogP contribution is 2.13. The molecule has 0 spiro atoms. The largest absolute Gasteiger partial charge is 0.370 e. The molecule has 2 N–H and O–H groups in total. The zero-order chi connectivity index (χ0) is 10.4. The highest BCUT2D eigenvalue weighted by atomic mass is 32.1. The van der Waals surface area contributed by atoms with Crippen LogP contribution in [0.1, 0.15) is 12.0 Å². The number of nitrogens with zero attached hydrogens (tertiary/aromatic N) is 1. The van der Waals surface area contributed by atoms with Crippen molar-refractivity contribution in [2.45, 2.75) is 12.8 Å². The van der Waals surface area contributed by atoms with Crippen LogP contribution in [-0.4, -0.2) is 11.1 Å². The molecule has 1 aromatic rings. The normalized spacial score (nSPS) is 9.14. The number of carbonyl (C=O) groups excluding carboxylic acids is 1. The molecule has 4 heteroatoms. The molecule has 0 aliphatic rings. The lowest BCUT2D eigenvalue weighted by molar-refractivity contribution is -0.117. The van der Waals surface area contributed by atoms with Crippen LogP contribution in [0.4, 0.5) is 5.69 Å². The summed E-state index contributed by atoms with van der Waals surface area (Å²) in [5, 5.41) is 2.29. The van der Waals surface area contributed by atoms with Gasteiger partial charge in [-0.15, -0.1) is 0 Å². The number of aryl methyl sites for hydroxylation is 1. The Labute approximate surface area is 87.6 Å². The number of hydrogen-bond donors (Lipinski definition) is 1. The molecular weight excluding hydrogens is 196 g/mol. The number of amides is 1. The summed E-state index contributed by atoms with van der Waals surface area (Å²) in [5.74, 6) is -0.286. The lowest BCUT2D eigenvalue weighted by Gasteiger charge is -1.98. The smallest absolute Gasteiger partial charge is 0.217 e. The summed E-state index contributed by atoms with van der Waals surface area (Å²) in [5.41, 5.74) is 6.87. The van der Waals surface area contributed by atoms with Crippen LogP contribution in [0.25, 0.3) is 0 Å². The second kappa shape index (κ2) is 5.27. The molecule has 0 radical (unpaired) electrons. The van der Waals surface area contributed by atoms with Crippen LogP contribution in [-0.2, 0) is 11.2 Å². The fourth-order valence-corrected chi connectivity index (χ4v) is 1.16. The number of thiocarbonyl (C=S) groups is 1. The van der Waals surface area contributed by atoms with Crippen LogP contribution in [0.3, 0.4) is 0 Å². The van der Waals surface area contributed by atoms with Gasteiger partial charge in [0.05, 0.1) is 10.8 Å². The number of nitrogens with two attached hydrogens (primary N) is 1. The van der Waals surface area contributed by atoms with Gasteiger partial charge in [-0.3, -0.25) is 4.79 Å². The highest BCUT2D eigenvalue weighted by Gasteiger charge is 1.97. The van der Waals surface area contributed by atoms with Crippen molar-refractivity contribution in [1.82, 2.24) is 0 Å². The molecule has 0 aliphatic carbocycles. The van der Waals surface area contributed by atoms with Gasteiger partial charge in [-0.25, -0.2) is 0 Å². The molecular formula is C10H10N2OS. The molecule has 72 valence electrons. The molecule has 0 bridgehead atoms. The monoisotopic (exact) mass is 206 g/mol. The fourth-order valence-electron chi connectivity index (χ4n) is 1.06. The summed E-state index contributed by atoms with van der Waals surface area (Å²) in [6.07, 6.45) is 1.03. The number of primary amides is 1. The first-order valence-electron chi connectivity index (χ1n) is 4.17. The van der Waals surface area contributed by atoms with Crippen LogP contribution < -0.4 is 5.73 Å². The molecule has 1 amide bonds. The van der Waals surface area contributed by atoms with E-state index >= 15 is 0 Å². The van der Waals surface area contributed by atoms with Crippen LogP contribution >= 0.6 is 12.2 Å². The molecule has 0 aromatic heterocycles. The summed E-state index contributed by atoms with van der Waals surface area (Å²) >= 11 is 4.47. The molecule has 0 atom stereocenters. The first kappa shape index (κ1) is 10.6. The standard InChI is InChI=1S/C10H10N2OS/c11-10(13)6-3-8-1-4-9(5-2-8)12-7-14/h1-2,4-5H,3,6H2,(H2,11,13). The number of carbonyl (C=O) groups is 1. The molecule has 1 rings (SSSR count). The Bertz CT molecular complexity index is 366. The maximum atomic E-state index is 10.5. The van der Waals surface area contributed by atoms with E-state index in [2.05, 4.69) is 22.4 Å². The van der Waals surface area contributed by atoms with Crippen molar-refractivity contribution in [1.29, 1.82) is 0 Å². The Morgan fingerprint density at radius 2 is 2.07 bits per heavy atom. The summed E-state index contributed by atoms with van der Waals surface area (Å²) in [7, 11) is 0. The van der Waals surface area contributed by atoms with Gasteiger partial charge in [0.2, 0.25) is 5.91 Å². The van der Waals surface area contributed by atoms with Crippen LogP contribution in [0.5, 0.6) is 0 Å². The Hall–Kier alpha value is -1.51. The first-order chi connectivity index (χ1) is 6.72. The van der Waals surface area contributed by atoms with Crippen LogP contribution in [0.2, 0.25) is 0 Å².